The smallest absolute Gasteiger partial charge is 0.245 e. The Bertz CT molecular complexity index is 416. The summed E-state index contributed by atoms with van der Waals surface area (Å²) in [5.74, 6) is 3.10. The molecule has 2 heterocycles. The van der Waals surface area contributed by atoms with Gasteiger partial charge in [0.25, 0.3) is 0 Å². The number of thioether (sulfide) groups is 1. The lowest BCUT2D eigenvalue weighted by Gasteiger charge is -2.27. The number of carbonyl (C=O) groups excluding carboxylic acids is 1. The van der Waals surface area contributed by atoms with E-state index in [1.54, 1.807) is 0 Å². The van der Waals surface area contributed by atoms with Crippen LogP contribution in [-0.2, 0) is 14.3 Å². The molecule has 2 aliphatic rings. The van der Waals surface area contributed by atoms with E-state index >= 15 is 0 Å². The van der Waals surface area contributed by atoms with Gasteiger partial charge in [-0.1, -0.05) is 12.2 Å². The van der Waals surface area contributed by atoms with Crippen LogP contribution in [0.15, 0.2) is 12.2 Å². The molecule has 1 amide bonds. The van der Waals surface area contributed by atoms with Gasteiger partial charge in [0.2, 0.25) is 5.91 Å². The van der Waals surface area contributed by atoms with Crippen molar-refractivity contribution in [2.45, 2.75) is 51.2 Å². The minimum atomic E-state index is -0.208. The Morgan fingerprint density at radius 2 is 2.08 bits per heavy atom. The number of rotatable bonds is 11. The highest BCUT2D eigenvalue weighted by Crippen LogP contribution is 2.44. The Morgan fingerprint density at radius 3 is 2.79 bits per heavy atom. The van der Waals surface area contributed by atoms with Crippen LogP contribution < -0.4 is 0 Å². The molecule has 0 radical (unpaired) electrons. The highest BCUT2D eigenvalue weighted by Gasteiger charge is 2.48. The van der Waals surface area contributed by atoms with E-state index in [0.29, 0.717) is 42.1 Å². The molecule has 1 N–H and O–H groups in total. The summed E-state index contributed by atoms with van der Waals surface area (Å²) < 4.78 is 11.9. The molecule has 4 atom stereocenters. The monoisotopic (exact) mass is 357 g/mol. The lowest BCUT2D eigenvalue weighted by molar-refractivity contribution is -0.159. The summed E-state index contributed by atoms with van der Waals surface area (Å²) in [4.78, 5) is 11.3. The van der Waals surface area contributed by atoms with Crippen LogP contribution in [0.3, 0.4) is 0 Å². The van der Waals surface area contributed by atoms with Crippen molar-refractivity contribution in [1.82, 2.24) is 5.06 Å². The van der Waals surface area contributed by atoms with Gasteiger partial charge in [-0.25, -0.2) is 5.06 Å². The third kappa shape index (κ3) is 5.76. The van der Waals surface area contributed by atoms with Crippen molar-refractivity contribution in [3.63, 3.8) is 0 Å². The average molecular weight is 358 g/mol. The SMILES string of the molecule is CC=CCOCC1C2CCC(O2)C1CSCCCCC(=O)N(C)O. The Hall–Kier alpha value is -0.560. The Labute approximate surface area is 149 Å². The van der Waals surface area contributed by atoms with E-state index in [0.717, 1.165) is 31.0 Å². The number of fused-ring (bicyclic) bond motifs is 2. The number of nitrogens with zero attached hydrogens (tertiary/aromatic N) is 1. The zero-order chi connectivity index (χ0) is 17.4. The van der Waals surface area contributed by atoms with Crippen molar-refractivity contribution < 1.29 is 19.5 Å². The molecule has 0 spiro atoms. The molecule has 24 heavy (non-hydrogen) atoms. The van der Waals surface area contributed by atoms with Gasteiger partial charge < -0.3 is 9.47 Å². The summed E-state index contributed by atoms with van der Waals surface area (Å²) in [6.45, 7) is 3.50. The maximum Gasteiger partial charge on any atom is 0.245 e. The molecular weight excluding hydrogens is 326 g/mol. The molecule has 5 nitrogen and oxygen atoms in total. The molecule has 0 saturated carbocycles. The molecule has 4 unspecified atom stereocenters. The fourth-order valence-electron chi connectivity index (χ4n) is 3.56. The number of amides is 1. The zero-order valence-electron chi connectivity index (χ0n) is 14.9. The van der Waals surface area contributed by atoms with Gasteiger partial charge in [0.15, 0.2) is 0 Å². The molecule has 0 aliphatic carbocycles. The van der Waals surface area contributed by atoms with Crippen molar-refractivity contribution in [3.05, 3.63) is 12.2 Å². The fourth-order valence-corrected chi connectivity index (χ4v) is 4.87. The summed E-state index contributed by atoms with van der Waals surface area (Å²) in [5.41, 5.74) is 0. The molecule has 2 bridgehead atoms. The molecule has 0 aromatic rings. The van der Waals surface area contributed by atoms with Gasteiger partial charge in [-0.3, -0.25) is 10.0 Å². The summed E-state index contributed by atoms with van der Waals surface area (Å²) >= 11 is 1.96. The summed E-state index contributed by atoms with van der Waals surface area (Å²) in [6, 6.07) is 0. The van der Waals surface area contributed by atoms with E-state index in [2.05, 4.69) is 0 Å². The van der Waals surface area contributed by atoms with E-state index in [9.17, 15) is 4.79 Å². The van der Waals surface area contributed by atoms with Gasteiger partial charge in [-0.2, -0.15) is 11.8 Å². The molecule has 2 aliphatic heterocycles. The first-order valence-corrected chi connectivity index (χ1v) is 10.2. The normalized spacial score (nSPS) is 28.8. The largest absolute Gasteiger partial charge is 0.377 e. The topological polar surface area (TPSA) is 59.0 Å². The first-order valence-electron chi connectivity index (χ1n) is 9.01. The van der Waals surface area contributed by atoms with Crippen molar-refractivity contribution in [2.75, 3.05) is 31.8 Å². The second-order valence-electron chi connectivity index (χ2n) is 6.67. The maximum atomic E-state index is 11.3. The maximum absolute atomic E-state index is 11.3. The molecular formula is C18H31NO4S. The first kappa shape index (κ1) is 19.8. The molecule has 2 saturated heterocycles. The van der Waals surface area contributed by atoms with Crippen LogP contribution in [0.5, 0.6) is 0 Å². The number of carbonyl (C=O) groups is 1. The second-order valence-corrected chi connectivity index (χ2v) is 7.82. The van der Waals surface area contributed by atoms with Gasteiger partial charge in [-0.05, 0) is 44.1 Å². The number of unbranched alkanes of at least 4 members (excludes halogenated alkanes) is 1. The van der Waals surface area contributed by atoms with Crippen LogP contribution in [0.2, 0.25) is 0 Å². The van der Waals surface area contributed by atoms with Crippen molar-refractivity contribution in [2.24, 2.45) is 11.8 Å². The van der Waals surface area contributed by atoms with E-state index < -0.39 is 0 Å². The van der Waals surface area contributed by atoms with E-state index in [4.69, 9.17) is 14.7 Å². The van der Waals surface area contributed by atoms with Gasteiger partial charge in [-0.15, -0.1) is 0 Å². The van der Waals surface area contributed by atoms with E-state index in [-0.39, 0.29) is 5.91 Å². The van der Waals surface area contributed by atoms with E-state index in [1.807, 2.05) is 30.8 Å². The number of hydrogen-bond acceptors (Lipinski definition) is 5. The van der Waals surface area contributed by atoms with Gasteiger partial charge in [0.1, 0.15) is 0 Å². The summed E-state index contributed by atoms with van der Waals surface area (Å²) in [6.07, 6.45) is 9.51. The van der Waals surface area contributed by atoms with Crippen LogP contribution in [-0.4, -0.2) is 60.2 Å². The van der Waals surface area contributed by atoms with E-state index in [1.165, 1.54) is 19.9 Å². The average Bonchev–Trinajstić information content (AvgIpc) is 3.16. The molecule has 0 aromatic heterocycles. The summed E-state index contributed by atoms with van der Waals surface area (Å²) in [7, 11) is 1.38. The molecule has 2 fully saturated rings. The van der Waals surface area contributed by atoms with Crippen LogP contribution in [0.1, 0.15) is 39.0 Å². The molecule has 2 rings (SSSR count). The second kappa shape index (κ2) is 10.4. The standard InChI is InChI=1S/C18H31NO4S/c1-3-4-10-22-12-14-15(17-9-8-16(14)23-17)13-24-11-6-5-7-18(20)19(2)21/h3-4,14-17,21H,5-13H2,1-2H3. The fraction of sp³-hybridized carbons (Fsp3) is 0.833. The van der Waals surface area contributed by atoms with Gasteiger partial charge in [0.05, 0.1) is 25.4 Å². The first-order chi connectivity index (χ1) is 11.6. The molecule has 138 valence electrons. The zero-order valence-corrected chi connectivity index (χ0v) is 15.7. The predicted molar refractivity (Wildman–Crippen MR) is 96.2 cm³/mol. The molecule has 0 aromatic carbocycles. The quantitative estimate of drug-likeness (QED) is 0.266. The third-order valence-electron chi connectivity index (χ3n) is 4.95. The van der Waals surface area contributed by atoms with Crippen LogP contribution >= 0.6 is 11.8 Å². The highest BCUT2D eigenvalue weighted by atomic mass is 32.2. The number of hydroxylamine groups is 2. The minimum absolute atomic E-state index is 0.208. The summed E-state index contributed by atoms with van der Waals surface area (Å²) in [5, 5.41) is 9.69. The Kier molecular flexibility index (Phi) is 8.59. The highest BCUT2D eigenvalue weighted by molar-refractivity contribution is 7.99. The van der Waals surface area contributed by atoms with Crippen molar-refractivity contribution in [3.8, 4) is 0 Å². The molecule has 6 heteroatoms. The van der Waals surface area contributed by atoms with Crippen LogP contribution in [0.4, 0.5) is 0 Å². The van der Waals surface area contributed by atoms with Gasteiger partial charge >= 0.3 is 0 Å². The van der Waals surface area contributed by atoms with Crippen LogP contribution in [0.25, 0.3) is 0 Å². The number of ether oxygens (including phenoxy) is 2. The third-order valence-corrected chi connectivity index (χ3v) is 6.15. The van der Waals surface area contributed by atoms with Crippen LogP contribution in [0, 0.1) is 11.8 Å². The Balaban J connectivity index is 1.62. The Morgan fingerprint density at radius 1 is 1.33 bits per heavy atom. The van der Waals surface area contributed by atoms with Crippen molar-refractivity contribution in [1.29, 1.82) is 0 Å². The predicted octanol–water partition coefficient (Wildman–Crippen LogP) is 3.12. The lowest BCUT2D eigenvalue weighted by Crippen LogP contribution is -2.32. The van der Waals surface area contributed by atoms with Crippen molar-refractivity contribution >= 4 is 17.7 Å². The lowest BCUT2D eigenvalue weighted by atomic mass is 9.81. The number of hydrogen-bond donors (Lipinski definition) is 1. The number of allylic oxidation sites excluding steroid dienone is 1. The minimum Gasteiger partial charge on any atom is -0.377 e. The van der Waals surface area contributed by atoms with Gasteiger partial charge in [0, 0.05) is 25.3 Å².